The van der Waals surface area contributed by atoms with Gasteiger partial charge in [0.15, 0.2) is 0 Å². The fraction of sp³-hybridized carbons (Fsp3) is 0.667. The summed E-state index contributed by atoms with van der Waals surface area (Å²) in [6, 6.07) is 2.35. The lowest BCUT2D eigenvalue weighted by Crippen LogP contribution is -2.32. The molecule has 0 aliphatic rings. The van der Waals surface area contributed by atoms with Gasteiger partial charge in [-0.25, -0.2) is 9.97 Å². The second-order valence-corrected chi connectivity index (χ2v) is 4.25. The highest BCUT2D eigenvalue weighted by Crippen LogP contribution is 2.08. The maximum absolute atomic E-state index is 4.26. The van der Waals surface area contributed by atoms with E-state index < -0.39 is 0 Å². The van der Waals surface area contributed by atoms with Crippen molar-refractivity contribution in [1.29, 1.82) is 0 Å². The van der Waals surface area contributed by atoms with E-state index >= 15 is 0 Å². The number of hydrogen-bond acceptors (Lipinski definition) is 3. The molecule has 0 spiro atoms. The molecular weight excluding hydrogens is 186 g/mol. The average molecular weight is 207 g/mol. The molecule has 0 aromatic carbocycles. The maximum atomic E-state index is 4.26. The predicted molar refractivity (Wildman–Crippen MR) is 62.7 cm³/mol. The van der Waals surface area contributed by atoms with Crippen LogP contribution >= 0.6 is 0 Å². The van der Waals surface area contributed by atoms with Crippen molar-refractivity contribution in [2.45, 2.75) is 39.7 Å². The zero-order valence-corrected chi connectivity index (χ0v) is 9.90. The molecule has 84 valence electrons. The fourth-order valence-electron chi connectivity index (χ4n) is 1.75. The van der Waals surface area contributed by atoms with Gasteiger partial charge < -0.3 is 5.32 Å². The van der Waals surface area contributed by atoms with Crippen LogP contribution in [0.4, 0.5) is 0 Å². The summed E-state index contributed by atoms with van der Waals surface area (Å²) in [6.07, 6.45) is 5.71. The van der Waals surface area contributed by atoms with Crippen molar-refractivity contribution in [2.24, 2.45) is 5.92 Å². The summed E-state index contributed by atoms with van der Waals surface area (Å²) in [6.45, 7) is 7.63. The summed E-state index contributed by atoms with van der Waals surface area (Å²) >= 11 is 0. The largest absolute Gasteiger partial charge is 0.314 e. The average Bonchev–Trinajstić information content (AvgIpc) is 2.18. The van der Waals surface area contributed by atoms with Gasteiger partial charge in [0.2, 0.25) is 0 Å². The minimum atomic E-state index is 0.498. The number of nitrogens with one attached hydrogen (secondary N) is 1. The fourth-order valence-corrected chi connectivity index (χ4v) is 1.75. The summed E-state index contributed by atoms with van der Waals surface area (Å²) in [7, 11) is 0. The van der Waals surface area contributed by atoms with Gasteiger partial charge in [0, 0.05) is 24.9 Å². The second-order valence-electron chi connectivity index (χ2n) is 4.25. The summed E-state index contributed by atoms with van der Waals surface area (Å²) in [4.78, 5) is 8.51. The maximum Gasteiger partial charge on any atom is 0.129 e. The Labute approximate surface area is 92.3 Å². The lowest BCUT2D eigenvalue weighted by molar-refractivity contribution is 0.418. The van der Waals surface area contributed by atoms with Crippen molar-refractivity contribution in [3.05, 3.63) is 24.3 Å². The van der Waals surface area contributed by atoms with Gasteiger partial charge >= 0.3 is 0 Å². The van der Waals surface area contributed by atoms with Crippen molar-refractivity contribution in [3.8, 4) is 0 Å². The van der Waals surface area contributed by atoms with E-state index in [0.717, 1.165) is 18.8 Å². The van der Waals surface area contributed by atoms with E-state index in [1.807, 2.05) is 6.07 Å². The number of hydrogen-bond donors (Lipinski definition) is 1. The molecule has 1 unspecified atom stereocenters. The van der Waals surface area contributed by atoms with Crippen LogP contribution in [0, 0.1) is 5.92 Å². The first-order valence-electron chi connectivity index (χ1n) is 5.71. The molecule has 0 saturated heterocycles. The Hall–Kier alpha value is -0.960. The van der Waals surface area contributed by atoms with Crippen molar-refractivity contribution in [3.63, 3.8) is 0 Å². The van der Waals surface area contributed by atoms with Gasteiger partial charge in [-0.2, -0.15) is 0 Å². The Kier molecular flexibility index (Phi) is 5.26. The van der Waals surface area contributed by atoms with E-state index in [0.29, 0.717) is 12.0 Å². The lowest BCUT2D eigenvalue weighted by atomic mass is 10.0. The summed E-state index contributed by atoms with van der Waals surface area (Å²) in [5.41, 5.74) is 0. The molecule has 1 atom stereocenters. The van der Waals surface area contributed by atoms with E-state index in [9.17, 15) is 0 Å². The lowest BCUT2D eigenvalue weighted by Gasteiger charge is -2.18. The first-order valence-corrected chi connectivity index (χ1v) is 5.71. The van der Waals surface area contributed by atoms with E-state index in [-0.39, 0.29) is 0 Å². The topological polar surface area (TPSA) is 37.8 Å². The van der Waals surface area contributed by atoms with Gasteiger partial charge in [0.25, 0.3) is 0 Å². The van der Waals surface area contributed by atoms with Gasteiger partial charge in [0.1, 0.15) is 5.82 Å². The number of nitrogens with zero attached hydrogens (tertiary/aromatic N) is 2. The van der Waals surface area contributed by atoms with Crippen LogP contribution < -0.4 is 5.32 Å². The SMILES string of the molecule is CCNC(Cc1ncccn1)CC(C)C. The van der Waals surface area contributed by atoms with Crippen LogP contribution in [0.1, 0.15) is 33.0 Å². The van der Waals surface area contributed by atoms with Crippen LogP contribution in [-0.4, -0.2) is 22.6 Å². The second kappa shape index (κ2) is 6.51. The summed E-state index contributed by atoms with van der Waals surface area (Å²) < 4.78 is 0. The third-order valence-corrected chi connectivity index (χ3v) is 2.30. The van der Waals surface area contributed by atoms with Crippen molar-refractivity contribution in [1.82, 2.24) is 15.3 Å². The molecule has 3 nitrogen and oxygen atoms in total. The quantitative estimate of drug-likeness (QED) is 0.775. The zero-order valence-electron chi connectivity index (χ0n) is 9.90. The van der Waals surface area contributed by atoms with Crippen molar-refractivity contribution >= 4 is 0 Å². The highest BCUT2D eigenvalue weighted by Gasteiger charge is 2.11. The zero-order chi connectivity index (χ0) is 11.1. The van der Waals surface area contributed by atoms with Gasteiger partial charge in [-0.1, -0.05) is 20.8 Å². The van der Waals surface area contributed by atoms with Crippen LogP contribution in [0.25, 0.3) is 0 Å². The molecular formula is C12H21N3. The molecule has 0 saturated carbocycles. The normalized spacial score (nSPS) is 13.1. The number of rotatable bonds is 6. The van der Waals surface area contributed by atoms with E-state index in [1.54, 1.807) is 12.4 Å². The Morgan fingerprint density at radius 2 is 1.93 bits per heavy atom. The molecule has 15 heavy (non-hydrogen) atoms. The van der Waals surface area contributed by atoms with E-state index in [4.69, 9.17) is 0 Å². The standard InChI is InChI=1S/C12H21N3/c1-4-13-11(8-10(2)3)9-12-14-6-5-7-15-12/h5-7,10-11,13H,4,8-9H2,1-3H3. The summed E-state index contributed by atoms with van der Waals surface area (Å²) in [5, 5.41) is 3.48. The van der Waals surface area contributed by atoms with Crippen LogP contribution in [0.3, 0.4) is 0 Å². The monoisotopic (exact) mass is 207 g/mol. The molecule has 0 amide bonds. The van der Waals surface area contributed by atoms with Crippen molar-refractivity contribution in [2.75, 3.05) is 6.54 Å². The van der Waals surface area contributed by atoms with Crippen LogP contribution in [-0.2, 0) is 6.42 Å². The summed E-state index contributed by atoms with van der Waals surface area (Å²) in [5.74, 6) is 1.64. The van der Waals surface area contributed by atoms with Crippen LogP contribution in [0.2, 0.25) is 0 Å². The Morgan fingerprint density at radius 3 is 2.47 bits per heavy atom. The molecule has 0 radical (unpaired) electrons. The third kappa shape index (κ3) is 4.88. The van der Waals surface area contributed by atoms with Gasteiger partial charge in [-0.3, -0.25) is 0 Å². The van der Waals surface area contributed by atoms with Crippen LogP contribution in [0.5, 0.6) is 0 Å². The smallest absolute Gasteiger partial charge is 0.129 e. The molecule has 1 heterocycles. The minimum Gasteiger partial charge on any atom is -0.314 e. The first kappa shape index (κ1) is 12.1. The third-order valence-electron chi connectivity index (χ3n) is 2.30. The molecule has 0 aliphatic heterocycles. The van der Waals surface area contributed by atoms with Crippen LogP contribution in [0.15, 0.2) is 18.5 Å². The Bertz CT molecular complexity index is 259. The highest BCUT2D eigenvalue weighted by molar-refractivity contribution is 4.92. The molecule has 1 aromatic rings. The van der Waals surface area contributed by atoms with E-state index in [2.05, 4.69) is 36.1 Å². The molecule has 1 aromatic heterocycles. The minimum absolute atomic E-state index is 0.498. The molecule has 1 rings (SSSR count). The molecule has 3 heteroatoms. The van der Waals surface area contributed by atoms with Gasteiger partial charge in [-0.15, -0.1) is 0 Å². The van der Waals surface area contributed by atoms with E-state index in [1.165, 1.54) is 6.42 Å². The Morgan fingerprint density at radius 1 is 1.27 bits per heavy atom. The number of aromatic nitrogens is 2. The molecule has 0 aliphatic carbocycles. The van der Waals surface area contributed by atoms with Gasteiger partial charge in [-0.05, 0) is 24.9 Å². The van der Waals surface area contributed by atoms with Crippen molar-refractivity contribution < 1.29 is 0 Å². The predicted octanol–water partition coefficient (Wildman–Crippen LogP) is 2.04. The highest BCUT2D eigenvalue weighted by atomic mass is 14.9. The molecule has 0 fully saturated rings. The molecule has 1 N–H and O–H groups in total. The Balaban J connectivity index is 2.50. The number of likely N-dealkylation sites (N-methyl/N-ethyl adjacent to an activating group) is 1. The first-order chi connectivity index (χ1) is 7.22. The van der Waals surface area contributed by atoms with Gasteiger partial charge in [0.05, 0.1) is 0 Å². The molecule has 0 bridgehead atoms.